The van der Waals surface area contributed by atoms with Gasteiger partial charge in [-0.3, -0.25) is 9.59 Å². The van der Waals surface area contributed by atoms with Gasteiger partial charge in [0.1, 0.15) is 5.60 Å². The Bertz CT molecular complexity index is 266. The van der Waals surface area contributed by atoms with Gasteiger partial charge in [0.15, 0.2) is 5.78 Å². The Kier molecular flexibility index (Phi) is 4.52. The molecule has 4 nitrogen and oxygen atoms in total. The fourth-order valence-corrected chi connectivity index (χ4v) is 1.66. The highest BCUT2D eigenvalue weighted by Crippen LogP contribution is 2.38. The van der Waals surface area contributed by atoms with Crippen molar-refractivity contribution in [1.82, 2.24) is 0 Å². The first kappa shape index (κ1) is 14.2. The lowest BCUT2D eigenvalue weighted by Gasteiger charge is -2.41. The first-order valence-electron chi connectivity index (χ1n) is 4.94. The van der Waals surface area contributed by atoms with Crippen LogP contribution in [0.4, 0.5) is 0 Å². The van der Waals surface area contributed by atoms with Gasteiger partial charge < -0.3 is 9.39 Å². The van der Waals surface area contributed by atoms with Crippen LogP contribution in [0.15, 0.2) is 0 Å². The lowest BCUT2D eigenvalue weighted by atomic mass is 9.70. The van der Waals surface area contributed by atoms with Crippen LogP contribution in [0.2, 0.25) is 0 Å². The van der Waals surface area contributed by atoms with Crippen molar-refractivity contribution in [3.63, 3.8) is 0 Å². The topological polar surface area (TPSA) is 52.6 Å². The SMILES string of the molecule is BOC(C)(C(C)=O)C(C)(CC)C(=O)OC. The van der Waals surface area contributed by atoms with E-state index in [-0.39, 0.29) is 5.78 Å². The molecule has 0 radical (unpaired) electrons. The van der Waals surface area contributed by atoms with Gasteiger partial charge in [-0.1, -0.05) is 6.92 Å². The molecule has 5 heteroatoms. The molecule has 0 aromatic rings. The monoisotopic (exact) mass is 214 g/mol. The summed E-state index contributed by atoms with van der Waals surface area (Å²) in [7, 11) is 2.74. The average Bonchev–Trinajstić information content (AvgIpc) is 2.24. The first-order chi connectivity index (χ1) is 6.80. The Morgan fingerprint density at radius 1 is 1.33 bits per heavy atom. The summed E-state index contributed by atoms with van der Waals surface area (Å²) in [5.41, 5.74) is -2.10. The Hall–Kier alpha value is -0.835. The molecule has 0 aromatic heterocycles. The number of esters is 1. The highest BCUT2D eigenvalue weighted by molar-refractivity contribution is 6.03. The van der Waals surface area contributed by atoms with Gasteiger partial charge in [0, 0.05) is 0 Å². The van der Waals surface area contributed by atoms with E-state index < -0.39 is 17.0 Å². The minimum atomic E-state index is -1.14. The predicted octanol–water partition coefficient (Wildman–Crippen LogP) is 0.488. The first-order valence-corrected chi connectivity index (χ1v) is 4.94. The average molecular weight is 214 g/mol. The number of rotatable bonds is 5. The minimum Gasteiger partial charge on any atom is -0.469 e. The van der Waals surface area contributed by atoms with Crippen LogP contribution >= 0.6 is 0 Å². The Morgan fingerprint density at radius 3 is 2.00 bits per heavy atom. The Balaban J connectivity index is 5.42. The van der Waals surface area contributed by atoms with E-state index in [0.717, 1.165) is 0 Å². The normalized spacial score (nSPS) is 18.7. The lowest BCUT2D eigenvalue weighted by Crippen LogP contribution is -2.55. The Morgan fingerprint density at radius 2 is 1.80 bits per heavy atom. The number of methoxy groups -OCH3 is 1. The van der Waals surface area contributed by atoms with Gasteiger partial charge >= 0.3 is 5.97 Å². The van der Waals surface area contributed by atoms with Gasteiger partial charge in [-0.05, 0) is 27.2 Å². The fraction of sp³-hybridized carbons (Fsp3) is 0.800. The van der Waals surface area contributed by atoms with Crippen molar-refractivity contribution in [1.29, 1.82) is 0 Å². The molecule has 0 aliphatic rings. The van der Waals surface area contributed by atoms with E-state index in [0.29, 0.717) is 6.42 Å². The smallest absolute Gasteiger partial charge is 0.314 e. The van der Waals surface area contributed by atoms with Crippen LogP contribution in [0.3, 0.4) is 0 Å². The highest BCUT2D eigenvalue weighted by Gasteiger charge is 2.53. The fourth-order valence-electron chi connectivity index (χ4n) is 1.66. The molecule has 0 N–H and O–H groups in total. The summed E-state index contributed by atoms with van der Waals surface area (Å²) in [5, 5.41) is 0. The van der Waals surface area contributed by atoms with E-state index in [4.69, 9.17) is 9.39 Å². The van der Waals surface area contributed by atoms with Crippen LogP contribution < -0.4 is 0 Å². The second-order valence-electron chi connectivity index (χ2n) is 3.97. The van der Waals surface area contributed by atoms with Crippen molar-refractivity contribution in [2.24, 2.45) is 5.41 Å². The molecule has 0 aliphatic carbocycles. The zero-order chi connectivity index (χ0) is 12.3. The number of ketones is 1. The molecule has 0 aliphatic heterocycles. The quantitative estimate of drug-likeness (QED) is 0.493. The number of carbonyl (C=O) groups is 2. The van der Waals surface area contributed by atoms with Gasteiger partial charge in [-0.15, -0.1) is 0 Å². The third kappa shape index (κ3) is 2.07. The molecule has 0 bridgehead atoms. The van der Waals surface area contributed by atoms with E-state index in [1.54, 1.807) is 13.8 Å². The molecule has 0 aromatic carbocycles. The van der Waals surface area contributed by atoms with Crippen molar-refractivity contribution >= 4 is 19.8 Å². The van der Waals surface area contributed by atoms with Gasteiger partial charge in [0.2, 0.25) is 0 Å². The van der Waals surface area contributed by atoms with Crippen molar-refractivity contribution in [3.05, 3.63) is 0 Å². The summed E-state index contributed by atoms with van der Waals surface area (Å²) in [4.78, 5) is 23.3. The molecule has 2 unspecified atom stereocenters. The molecule has 0 heterocycles. The van der Waals surface area contributed by atoms with Gasteiger partial charge in [0.25, 0.3) is 8.05 Å². The summed E-state index contributed by atoms with van der Waals surface area (Å²) >= 11 is 0. The van der Waals surface area contributed by atoms with Crippen LogP contribution in [0, 0.1) is 5.41 Å². The van der Waals surface area contributed by atoms with E-state index in [1.165, 1.54) is 22.1 Å². The standard InChI is InChI=1S/C10H19BO4/c1-6-9(3,8(13)14-5)10(4,15-11)7(2)12/h6,11H2,1-5H3. The molecule has 0 fully saturated rings. The van der Waals surface area contributed by atoms with Crippen LogP contribution in [0.5, 0.6) is 0 Å². The van der Waals surface area contributed by atoms with Crippen LogP contribution in [0.25, 0.3) is 0 Å². The number of carbonyl (C=O) groups excluding carboxylic acids is 2. The van der Waals surface area contributed by atoms with E-state index in [1.807, 2.05) is 6.92 Å². The molecule has 0 saturated heterocycles. The molecular weight excluding hydrogens is 195 g/mol. The Labute approximate surface area is 91.8 Å². The number of hydrogen-bond donors (Lipinski definition) is 0. The lowest BCUT2D eigenvalue weighted by molar-refractivity contribution is -0.171. The predicted molar refractivity (Wildman–Crippen MR) is 59.1 cm³/mol. The van der Waals surface area contributed by atoms with Gasteiger partial charge in [-0.25, -0.2) is 0 Å². The molecule has 2 atom stereocenters. The van der Waals surface area contributed by atoms with Gasteiger partial charge in [-0.2, -0.15) is 0 Å². The van der Waals surface area contributed by atoms with Crippen molar-refractivity contribution < 1.29 is 19.0 Å². The summed E-state index contributed by atoms with van der Waals surface area (Å²) in [6.45, 7) is 6.55. The van der Waals surface area contributed by atoms with Crippen molar-refractivity contribution in [2.45, 2.75) is 39.7 Å². The molecule has 86 valence electrons. The summed E-state index contributed by atoms with van der Waals surface area (Å²) in [5.74, 6) is -0.607. The second-order valence-corrected chi connectivity index (χ2v) is 3.97. The minimum absolute atomic E-state index is 0.181. The largest absolute Gasteiger partial charge is 0.469 e. The maximum atomic E-state index is 11.7. The second kappa shape index (κ2) is 4.79. The zero-order valence-corrected chi connectivity index (χ0v) is 10.3. The number of ether oxygens (including phenoxy) is 1. The molecule has 0 amide bonds. The van der Waals surface area contributed by atoms with Crippen LogP contribution in [-0.2, 0) is 19.0 Å². The van der Waals surface area contributed by atoms with Crippen molar-refractivity contribution in [3.8, 4) is 0 Å². The maximum absolute atomic E-state index is 11.7. The summed E-state index contributed by atoms with van der Waals surface area (Å²) < 4.78 is 9.96. The molecule has 0 spiro atoms. The van der Waals surface area contributed by atoms with Crippen LogP contribution in [-0.4, -0.2) is 32.5 Å². The molecular formula is C10H19BO4. The van der Waals surface area contributed by atoms with E-state index >= 15 is 0 Å². The van der Waals surface area contributed by atoms with Crippen molar-refractivity contribution in [2.75, 3.05) is 7.11 Å². The van der Waals surface area contributed by atoms with Gasteiger partial charge in [0.05, 0.1) is 12.5 Å². The summed E-state index contributed by atoms with van der Waals surface area (Å²) in [6, 6.07) is 0. The molecule has 15 heavy (non-hydrogen) atoms. The molecule has 0 rings (SSSR count). The summed E-state index contributed by atoms with van der Waals surface area (Å²) in [6.07, 6.45) is 0.476. The van der Waals surface area contributed by atoms with Crippen LogP contribution in [0.1, 0.15) is 34.1 Å². The number of Topliss-reactive ketones (excluding diaryl/α,β-unsaturated/α-hetero) is 1. The van der Waals surface area contributed by atoms with E-state index in [9.17, 15) is 9.59 Å². The highest BCUT2D eigenvalue weighted by atomic mass is 16.5. The third-order valence-corrected chi connectivity index (χ3v) is 3.48. The third-order valence-electron chi connectivity index (χ3n) is 3.48. The maximum Gasteiger partial charge on any atom is 0.314 e. The zero-order valence-electron chi connectivity index (χ0n) is 10.3. The molecule has 0 saturated carbocycles. The van der Waals surface area contributed by atoms with E-state index in [2.05, 4.69) is 0 Å². The number of hydrogen-bond acceptors (Lipinski definition) is 4.